The molecule has 4 nitrogen and oxygen atoms in total. The van der Waals surface area contributed by atoms with Crippen molar-refractivity contribution in [3.8, 4) is 0 Å². The van der Waals surface area contributed by atoms with Crippen LogP contribution in [0.1, 0.15) is 30.6 Å². The van der Waals surface area contributed by atoms with E-state index in [-0.39, 0.29) is 0 Å². The van der Waals surface area contributed by atoms with Gasteiger partial charge in [0, 0.05) is 31.1 Å². The molecular formula is C16H25BrN4S. The minimum absolute atomic E-state index is 0.717. The molecule has 0 aliphatic carbocycles. The summed E-state index contributed by atoms with van der Waals surface area (Å²) in [7, 11) is 1.89. The van der Waals surface area contributed by atoms with E-state index in [1.807, 2.05) is 7.05 Å². The molecule has 3 rings (SSSR count). The van der Waals surface area contributed by atoms with E-state index in [2.05, 4.69) is 48.2 Å². The van der Waals surface area contributed by atoms with Crippen molar-refractivity contribution in [2.75, 3.05) is 33.2 Å². The normalized spacial score (nSPS) is 24.0. The lowest BCUT2D eigenvalue weighted by Gasteiger charge is -2.32. The summed E-state index contributed by atoms with van der Waals surface area (Å²) in [6.07, 6.45) is 5.42. The topological polar surface area (TPSA) is 30.9 Å². The first-order valence-corrected chi connectivity index (χ1v) is 9.81. The van der Waals surface area contributed by atoms with E-state index in [1.165, 1.54) is 47.4 Å². The van der Waals surface area contributed by atoms with Gasteiger partial charge in [-0.25, -0.2) is 0 Å². The highest BCUT2D eigenvalue weighted by Gasteiger charge is 2.29. The van der Waals surface area contributed by atoms with Crippen LogP contribution >= 0.6 is 27.3 Å². The third kappa shape index (κ3) is 4.03. The summed E-state index contributed by atoms with van der Waals surface area (Å²) in [6.45, 7) is 5.66. The number of likely N-dealkylation sites (tertiary alicyclic amines) is 2. The molecule has 0 aromatic carbocycles. The van der Waals surface area contributed by atoms with Gasteiger partial charge in [0.2, 0.25) is 0 Å². The van der Waals surface area contributed by atoms with Gasteiger partial charge in [-0.3, -0.25) is 9.89 Å². The first-order chi connectivity index (χ1) is 10.8. The molecule has 0 bridgehead atoms. The molecule has 0 amide bonds. The summed E-state index contributed by atoms with van der Waals surface area (Å²) in [5.74, 6) is 1.05. The molecule has 0 saturated carbocycles. The van der Waals surface area contributed by atoms with E-state index < -0.39 is 0 Å². The zero-order chi connectivity index (χ0) is 15.4. The predicted molar refractivity (Wildman–Crippen MR) is 97.6 cm³/mol. The molecule has 0 radical (unpaired) electrons. The second-order valence-corrected chi connectivity index (χ2v) is 8.64. The molecule has 1 aromatic rings. The number of aliphatic imine (C=N–C) groups is 1. The third-order valence-corrected chi connectivity index (χ3v) is 6.25. The first-order valence-electron chi connectivity index (χ1n) is 8.20. The van der Waals surface area contributed by atoms with Gasteiger partial charge in [0.15, 0.2) is 5.96 Å². The Morgan fingerprint density at radius 1 is 1.32 bits per heavy atom. The highest BCUT2D eigenvalue weighted by molar-refractivity contribution is 9.11. The van der Waals surface area contributed by atoms with Gasteiger partial charge in [-0.05, 0) is 60.4 Å². The second kappa shape index (κ2) is 7.79. The molecule has 3 heterocycles. The number of hydrogen-bond donors (Lipinski definition) is 1. The summed E-state index contributed by atoms with van der Waals surface area (Å²) < 4.78 is 1.19. The average Bonchev–Trinajstić information content (AvgIpc) is 3.18. The molecule has 6 heteroatoms. The van der Waals surface area contributed by atoms with Crippen LogP contribution in [0.15, 0.2) is 20.9 Å². The number of halogens is 1. The fourth-order valence-corrected chi connectivity index (χ4v) is 4.88. The summed E-state index contributed by atoms with van der Waals surface area (Å²) in [5, 5.41) is 3.51. The highest BCUT2D eigenvalue weighted by Crippen LogP contribution is 2.22. The quantitative estimate of drug-likeness (QED) is 0.641. The monoisotopic (exact) mass is 384 g/mol. The number of guanidine groups is 1. The van der Waals surface area contributed by atoms with Gasteiger partial charge < -0.3 is 10.2 Å². The second-order valence-electron chi connectivity index (χ2n) is 6.09. The summed E-state index contributed by atoms with van der Waals surface area (Å²) in [4.78, 5) is 10.9. The summed E-state index contributed by atoms with van der Waals surface area (Å²) in [5.41, 5.74) is 0. The van der Waals surface area contributed by atoms with Crippen molar-refractivity contribution in [2.45, 2.75) is 38.3 Å². The number of nitrogens with one attached hydrogen (secondary N) is 1. The first kappa shape index (κ1) is 16.3. The van der Waals surface area contributed by atoms with Crippen LogP contribution in [0.3, 0.4) is 0 Å². The number of rotatable bonds is 3. The Bertz CT molecular complexity index is 510. The average molecular weight is 385 g/mol. The van der Waals surface area contributed by atoms with E-state index in [4.69, 9.17) is 0 Å². The number of piperidine rings is 1. The lowest BCUT2D eigenvalue weighted by Crippen LogP contribution is -2.44. The van der Waals surface area contributed by atoms with Crippen LogP contribution in [0.5, 0.6) is 0 Å². The molecule has 2 fully saturated rings. The largest absolute Gasteiger partial charge is 0.351 e. The van der Waals surface area contributed by atoms with E-state index >= 15 is 0 Å². The van der Waals surface area contributed by atoms with Gasteiger partial charge in [0.1, 0.15) is 0 Å². The van der Waals surface area contributed by atoms with Crippen molar-refractivity contribution in [3.05, 3.63) is 20.8 Å². The zero-order valence-electron chi connectivity index (χ0n) is 13.2. The van der Waals surface area contributed by atoms with Crippen LogP contribution in [0.25, 0.3) is 0 Å². The maximum Gasteiger partial charge on any atom is 0.193 e. The van der Waals surface area contributed by atoms with Gasteiger partial charge in [0.25, 0.3) is 0 Å². The van der Waals surface area contributed by atoms with E-state index in [0.29, 0.717) is 0 Å². The van der Waals surface area contributed by atoms with Crippen LogP contribution in [-0.4, -0.2) is 55.0 Å². The maximum atomic E-state index is 4.48. The summed E-state index contributed by atoms with van der Waals surface area (Å²) >= 11 is 5.30. The standard InChI is InChI=1S/C16H25BrN4S/c1-18-16(19-11-14-5-6-15(17)22-14)21-10-7-13(12-21)20-8-3-2-4-9-20/h5-6,13H,2-4,7-12H2,1H3,(H,18,19). The molecule has 1 N–H and O–H groups in total. The molecule has 2 aliphatic heterocycles. The molecule has 1 unspecified atom stereocenters. The molecule has 2 aliphatic rings. The Kier molecular flexibility index (Phi) is 5.77. The number of thiophene rings is 1. The molecule has 0 spiro atoms. The molecule has 1 aromatic heterocycles. The molecule has 1 atom stereocenters. The minimum Gasteiger partial charge on any atom is -0.351 e. The van der Waals surface area contributed by atoms with Gasteiger partial charge in [0.05, 0.1) is 10.3 Å². The number of nitrogens with zero attached hydrogens (tertiary/aromatic N) is 3. The molecule has 2 saturated heterocycles. The van der Waals surface area contributed by atoms with Gasteiger partial charge >= 0.3 is 0 Å². The van der Waals surface area contributed by atoms with Crippen molar-refractivity contribution < 1.29 is 0 Å². The third-order valence-electron chi connectivity index (χ3n) is 4.63. The van der Waals surface area contributed by atoms with Crippen molar-refractivity contribution in [1.29, 1.82) is 0 Å². The minimum atomic E-state index is 0.717. The molecule has 122 valence electrons. The smallest absolute Gasteiger partial charge is 0.193 e. The van der Waals surface area contributed by atoms with Gasteiger partial charge in [-0.2, -0.15) is 0 Å². The van der Waals surface area contributed by atoms with Crippen molar-refractivity contribution >= 4 is 33.2 Å². The summed E-state index contributed by atoms with van der Waals surface area (Å²) in [6, 6.07) is 4.98. The SMILES string of the molecule is CN=C(NCc1ccc(Br)s1)N1CCC(N2CCCCC2)C1. The Morgan fingerprint density at radius 2 is 2.14 bits per heavy atom. The Balaban J connectivity index is 1.51. The van der Waals surface area contributed by atoms with E-state index in [9.17, 15) is 0 Å². The molecule has 22 heavy (non-hydrogen) atoms. The van der Waals surface area contributed by atoms with E-state index in [1.54, 1.807) is 11.3 Å². The van der Waals surface area contributed by atoms with Gasteiger partial charge in [-0.1, -0.05) is 6.42 Å². The fourth-order valence-electron chi connectivity index (χ4n) is 3.46. The lowest BCUT2D eigenvalue weighted by molar-refractivity contribution is 0.168. The highest BCUT2D eigenvalue weighted by atomic mass is 79.9. The maximum absolute atomic E-state index is 4.48. The van der Waals surface area contributed by atoms with Crippen molar-refractivity contribution in [1.82, 2.24) is 15.1 Å². The van der Waals surface area contributed by atoms with E-state index in [0.717, 1.165) is 31.6 Å². The van der Waals surface area contributed by atoms with Crippen LogP contribution in [-0.2, 0) is 6.54 Å². The van der Waals surface area contributed by atoms with Crippen LogP contribution in [0, 0.1) is 0 Å². The number of hydrogen-bond acceptors (Lipinski definition) is 3. The van der Waals surface area contributed by atoms with Crippen molar-refractivity contribution in [2.24, 2.45) is 4.99 Å². The Labute approximate surface area is 145 Å². The fraction of sp³-hybridized carbons (Fsp3) is 0.688. The zero-order valence-corrected chi connectivity index (χ0v) is 15.6. The van der Waals surface area contributed by atoms with Crippen LogP contribution < -0.4 is 5.32 Å². The van der Waals surface area contributed by atoms with Gasteiger partial charge in [-0.15, -0.1) is 11.3 Å². The van der Waals surface area contributed by atoms with Crippen LogP contribution in [0.4, 0.5) is 0 Å². The Morgan fingerprint density at radius 3 is 2.82 bits per heavy atom. The van der Waals surface area contributed by atoms with Crippen molar-refractivity contribution in [3.63, 3.8) is 0 Å². The lowest BCUT2D eigenvalue weighted by atomic mass is 10.1. The molecular weight excluding hydrogens is 360 g/mol. The Hall–Kier alpha value is -0.590. The van der Waals surface area contributed by atoms with Crippen LogP contribution in [0.2, 0.25) is 0 Å². The predicted octanol–water partition coefficient (Wildman–Crippen LogP) is 3.15.